The molecule has 0 heterocycles. The van der Waals surface area contributed by atoms with Gasteiger partial charge in [0.15, 0.2) is 0 Å². The second-order valence-electron chi connectivity index (χ2n) is 5.35. The third kappa shape index (κ3) is 8.18. The molecule has 0 amide bonds. The summed E-state index contributed by atoms with van der Waals surface area (Å²) in [5.74, 6) is 0.343. The van der Waals surface area contributed by atoms with E-state index in [1.165, 1.54) is 70.5 Å². The quantitative estimate of drug-likeness (QED) is 0.460. The molecule has 1 unspecified atom stereocenters. The third-order valence-corrected chi connectivity index (χ3v) is 3.75. The van der Waals surface area contributed by atoms with Gasteiger partial charge in [0.2, 0.25) is 0 Å². The number of rotatable bonds is 1. The van der Waals surface area contributed by atoms with Crippen molar-refractivity contribution in [3.05, 3.63) is 12.2 Å². The molecule has 0 fully saturated rings. The van der Waals surface area contributed by atoms with Gasteiger partial charge in [0.25, 0.3) is 0 Å². The summed E-state index contributed by atoms with van der Waals surface area (Å²) in [6, 6.07) is 0. The zero-order chi connectivity index (χ0) is 12.2. The number of carbonyl (C=O) groups is 1. The highest BCUT2D eigenvalue weighted by atomic mass is 16.1. The van der Waals surface area contributed by atoms with Crippen LogP contribution in [-0.2, 0) is 4.79 Å². The van der Waals surface area contributed by atoms with E-state index in [9.17, 15) is 4.79 Å². The Kier molecular flexibility index (Phi) is 8.99. The SMILES string of the molecule is O=CC1CCCCC/C=C/CCCCCCC1. The van der Waals surface area contributed by atoms with Crippen molar-refractivity contribution in [1.29, 1.82) is 0 Å². The van der Waals surface area contributed by atoms with Gasteiger partial charge in [-0.05, 0) is 38.5 Å². The van der Waals surface area contributed by atoms with E-state index in [-0.39, 0.29) is 0 Å². The molecule has 0 aromatic rings. The molecule has 0 bridgehead atoms. The predicted octanol–water partition coefficient (Wildman–Crippen LogP) is 5.05. The Hall–Kier alpha value is -0.590. The van der Waals surface area contributed by atoms with Crippen LogP contribution in [0.1, 0.15) is 77.0 Å². The lowest BCUT2D eigenvalue weighted by atomic mass is 9.96. The lowest BCUT2D eigenvalue weighted by Gasteiger charge is -2.09. The van der Waals surface area contributed by atoms with Crippen molar-refractivity contribution in [1.82, 2.24) is 0 Å². The lowest BCUT2D eigenvalue weighted by molar-refractivity contribution is -0.111. The van der Waals surface area contributed by atoms with Crippen molar-refractivity contribution in [2.24, 2.45) is 5.92 Å². The van der Waals surface area contributed by atoms with Gasteiger partial charge < -0.3 is 4.79 Å². The van der Waals surface area contributed by atoms with Gasteiger partial charge in [0.05, 0.1) is 0 Å². The van der Waals surface area contributed by atoms with E-state index in [4.69, 9.17) is 0 Å². The van der Waals surface area contributed by atoms with E-state index in [0.717, 1.165) is 12.8 Å². The zero-order valence-electron chi connectivity index (χ0n) is 11.2. The first-order valence-corrected chi connectivity index (χ1v) is 7.54. The smallest absolute Gasteiger partial charge is 0.123 e. The van der Waals surface area contributed by atoms with Gasteiger partial charge >= 0.3 is 0 Å². The van der Waals surface area contributed by atoms with E-state index in [0.29, 0.717) is 5.92 Å². The second kappa shape index (κ2) is 10.6. The summed E-state index contributed by atoms with van der Waals surface area (Å²) in [7, 11) is 0. The average molecular weight is 236 g/mol. The fourth-order valence-electron chi connectivity index (χ4n) is 2.56. The van der Waals surface area contributed by atoms with E-state index >= 15 is 0 Å². The minimum atomic E-state index is 0.343. The highest BCUT2D eigenvalue weighted by Crippen LogP contribution is 2.17. The molecule has 1 atom stereocenters. The largest absolute Gasteiger partial charge is 0.303 e. The number of hydrogen-bond donors (Lipinski definition) is 0. The Morgan fingerprint density at radius 2 is 1.18 bits per heavy atom. The van der Waals surface area contributed by atoms with Crippen LogP contribution in [0.3, 0.4) is 0 Å². The summed E-state index contributed by atoms with van der Waals surface area (Å²) < 4.78 is 0. The van der Waals surface area contributed by atoms with Crippen LogP contribution in [0.25, 0.3) is 0 Å². The van der Waals surface area contributed by atoms with Gasteiger partial charge in [-0.3, -0.25) is 0 Å². The first kappa shape index (κ1) is 14.5. The molecule has 0 saturated heterocycles. The Morgan fingerprint density at radius 1 is 0.706 bits per heavy atom. The molecule has 1 aliphatic carbocycles. The van der Waals surface area contributed by atoms with Crippen molar-refractivity contribution in [3.8, 4) is 0 Å². The van der Waals surface area contributed by atoms with Crippen LogP contribution in [0.15, 0.2) is 12.2 Å². The minimum absolute atomic E-state index is 0.343. The molecule has 1 rings (SSSR count). The monoisotopic (exact) mass is 236 g/mol. The predicted molar refractivity (Wildman–Crippen MR) is 74.1 cm³/mol. The van der Waals surface area contributed by atoms with Crippen molar-refractivity contribution >= 4 is 6.29 Å². The number of hydrogen-bond acceptors (Lipinski definition) is 1. The fourth-order valence-corrected chi connectivity index (χ4v) is 2.56. The Labute approximate surface area is 107 Å². The van der Waals surface area contributed by atoms with E-state index in [2.05, 4.69) is 12.2 Å². The molecule has 0 N–H and O–H groups in total. The first-order valence-electron chi connectivity index (χ1n) is 7.54. The van der Waals surface area contributed by atoms with Crippen LogP contribution >= 0.6 is 0 Å². The minimum Gasteiger partial charge on any atom is -0.303 e. The maximum atomic E-state index is 10.9. The molecule has 0 spiro atoms. The zero-order valence-corrected chi connectivity index (χ0v) is 11.2. The topological polar surface area (TPSA) is 17.1 Å². The summed E-state index contributed by atoms with van der Waals surface area (Å²) in [5, 5.41) is 0. The van der Waals surface area contributed by atoms with Crippen molar-refractivity contribution in [3.63, 3.8) is 0 Å². The molecule has 1 aliphatic rings. The second-order valence-corrected chi connectivity index (χ2v) is 5.35. The third-order valence-electron chi connectivity index (χ3n) is 3.75. The summed E-state index contributed by atoms with van der Waals surface area (Å²) in [6.07, 6.45) is 21.0. The van der Waals surface area contributed by atoms with Gasteiger partial charge in [-0.2, -0.15) is 0 Å². The molecule has 1 heteroatoms. The summed E-state index contributed by atoms with van der Waals surface area (Å²) in [4.78, 5) is 10.9. The van der Waals surface area contributed by atoms with Crippen LogP contribution < -0.4 is 0 Å². The molecular formula is C16H28O. The van der Waals surface area contributed by atoms with Gasteiger partial charge in [-0.15, -0.1) is 0 Å². The Bertz CT molecular complexity index is 208. The fraction of sp³-hybridized carbons (Fsp3) is 0.812. The number of allylic oxidation sites excluding steroid dienone is 2. The molecule has 17 heavy (non-hydrogen) atoms. The molecule has 98 valence electrons. The van der Waals surface area contributed by atoms with Gasteiger partial charge in [-0.25, -0.2) is 0 Å². The summed E-state index contributed by atoms with van der Waals surface area (Å²) in [6.45, 7) is 0. The van der Waals surface area contributed by atoms with Crippen LogP contribution in [0.2, 0.25) is 0 Å². The summed E-state index contributed by atoms with van der Waals surface area (Å²) >= 11 is 0. The maximum absolute atomic E-state index is 10.9. The Morgan fingerprint density at radius 3 is 1.76 bits per heavy atom. The van der Waals surface area contributed by atoms with Crippen LogP contribution in [-0.4, -0.2) is 6.29 Å². The molecule has 0 radical (unpaired) electrons. The normalized spacial score (nSPS) is 27.6. The van der Waals surface area contributed by atoms with E-state index in [1.807, 2.05) is 0 Å². The molecule has 0 saturated carbocycles. The molecule has 1 nitrogen and oxygen atoms in total. The molecule has 0 aromatic carbocycles. The average Bonchev–Trinajstić information content (AvgIpc) is 2.36. The maximum Gasteiger partial charge on any atom is 0.123 e. The van der Waals surface area contributed by atoms with Gasteiger partial charge in [0.1, 0.15) is 6.29 Å². The van der Waals surface area contributed by atoms with E-state index in [1.54, 1.807) is 0 Å². The van der Waals surface area contributed by atoms with Crippen molar-refractivity contribution in [2.45, 2.75) is 77.0 Å². The Balaban J connectivity index is 2.24. The lowest BCUT2D eigenvalue weighted by Crippen LogP contribution is -2.02. The molecular weight excluding hydrogens is 208 g/mol. The van der Waals surface area contributed by atoms with Gasteiger partial charge in [0, 0.05) is 5.92 Å². The number of carbonyl (C=O) groups excluding carboxylic acids is 1. The van der Waals surface area contributed by atoms with Crippen LogP contribution in [0.5, 0.6) is 0 Å². The molecule has 0 aliphatic heterocycles. The van der Waals surface area contributed by atoms with Crippen molar-refractivity contribution < 1.29 is 4.79 Å². The van der Waals surface area contributed by atoms with Crippen molar-refractivity contribution in [2.75, 3.05) is 0 Å². The van der Waals surface area contributed by atoms with Crippen LogP contribution in [0.4, 0.5) is 0 Å². The molecule has 0 aromatic heterocycles. The van der Waals surface area contributed by atoms with Gasteiger partial charge in [-0.1, -0.05) is 50.7 Å². The number of aldehydes is 1. The first-order chi connectivity index (χ1) is 8.43. The highest BCUT2D eigenvalue weighted by Gasteiger charge is 2.06. The summed E-state index contributed by atoms with van der Waals surface area (Å²) in [5.41, 5.74) is 0. The van der Waals surface area contributed by atoms with Crippen LogP contribution in [0, 0.1) is 5.92 Å². The standard InChI is InChI=1S/C16H28O/c17-15-16-13-11-9-7-5-3-1-2-4-6-8-10-12-14-16/h1,3,15-16H,2,4-14H2/b3-1+. The highest BCUT2D eigenvalue weighted by molar-refractivity contribution is 5.53. The van der Waals surface area contributed by atoms with E-state index < -0.39 is 0 Å².